The van der Waals surface area contributed by atoms with Crippen molar-refractivity contribution >= 4 is 5.91 Å². The summed E-state index contributed by atoms with van der Waals surface area (Å²) >= 11 is 0. The highest BCUT2D eigenvalue weighted by atomic mass is 16.5. The van der Waals surface area contributed by atoms with Gasteiger partial charge in [-0.05, 0) is 24.1 Å². The van der Waals surface area contributed by atoms with Crippen molar-refractivity contribution in [1.29, 1.82) is 0 Å². The molecule has 1 amide bonds. The lowest BCUT2D eigenvalue weighted by atomic mass is 10.1. The highest BCUT2D eigenvalue weighted by Crippen LogP contribution is 2.29. The van der Waals surface area contributed by atoms with Crippen molar-refractivity contribution in [1.82, 2.24) is 4.90 Å². The molecule has 0 fully saturated rings. The van der Waals surface area contributed by atoms with E-state index >= 15 is 0 Å². The van der Waals surface area contributed by atoms with Crippen LogP contribution in [0.3, 0.4) is 0 Å². The molecule has 2 N–H and O–H groups in total. The summed E-state index contributed by atoms with van der Waals surface area (Å²) in [4.78, 5) is 13.2. The number of ether oxygens (including phenoxy) is 2. The van der Waals surface area contributed by atoms with Crippen molar-refractivity contribution in [3.8, 4) is 11.5 Å². The number of nitrogens with zero attached hydrogens (tertiary/aromatic N) is 1. The van der Waals surface area contributed by atoms with Gasteiger partial charge in [-0.2, -0.15) is 0 Å². The molecule has 5 heteroatoms. The molecule has 1 aliphatic heterocycles. The molecule has 1 aromatic rings. The minimum absolute atomic E-state index is 0.149. The number of hydrogen-bond acceptors (Lipinski definition) is 4. The van der Waals surface area contributed by atoms with Gasteiger partial charge in [0.25, 0.3) is 5.91 Å². The molecule has 0 aliphatic carbocycles. The molecule has 1 unspecified atom stereocenters. The van der Waals surface area contributed by atoms with E-state index < -0.39 is 5.91 Å². The Hall–Kier alpha value is -2.01. The lowest BCUT2D eigenvalue weighted by molar-refractivity contribution is -0.119. The monoisotopic (exact) mass is 290 g/mol. The van der Waals surface area contributed by atoms with Crippen molar-refractivity contribution in [2.24, 2.45) is 5.73 Å². The van der Waals surface area contributed by atoms with Gasteiger partial charge in [0.05, 0.1) is 7.11 Å². The molecule has 0 saturated heterocycles. The Balaban J connectivity index is 2.06. The van der Waals surface area contributed by atoms with Gasteiger partial charge in [0.2, 0.25) is 0 Å². The molecule has 2 rings (SSSR count). The zero-order valence-electron chi connectivity index (χ0n) is 12.5. The number of carbonyl (C=O) groups is 1. The Morgan fingerprint density at radius 2 is 2.24 bits per heavy atom. The van der Waals surface area contributed by atoms with Gasteiger partial charge in [-0.25, -0.2) is 0 Å². The highest BCUT2D eigenvalue weighted by Gasteiger charge is 2.18. The Kier molecular flexibility index (Phi) is 5.22. The Bertz CT molecular complexity index is 528. The topological polar surface area (TPSA) is 64.8 Å². The summed E-state index contributed by atoms with van der Waals surface area (Å²) in [5.41, 5.74) is 6.24. The van der Waals surface area contributed by atoms with Crippen LogP contribution in [0, 0.1) is 0 Å². The average molecular weight is 290 g/mol. The van der Waals surface area contributed by atoms with Crippen LogP contribution in [-0.2, 0) is 11.3 Å². The molecule has 0 spiro atoms. The standard InChI is InChI=1S/C16H22N2O3/c1-3-13-5-4-8-18(13)10-12-6-7-14(15(9-12)20-2)21-11-16(17)19/h4-7,9,13H,3,8,10-11H2,1-2H3,(H2,17,19). The molecule has 0 saturated carbocycles. The van der Waals surface area contributed by atoms with Gasteiger partial charge in [0.15, 0.2) is 18.1 Å². The van der Waals surface area contributed by atoms with E-state index in [9.17, 15) is 4.79 Å². The number of rotatable bonds is 7. The Labute approximate surface area is 125 Å². The minimum Gasteiger partial charge on any atom is -0.493 e. The third kappa shape index (κ3) is 3.98. The van der Waals surface area contributed by atoms with Crippen molar-refractivity contribution in [3.05, 3.63) is 35.9 Å². The van der Waals surface area contributed by atoms with Gasteiger partial charge in [0, 0.05) is 19.1 Å². The average Bonchev–Trinajstić information content (AvgIpc) is 2.92. The number of methoxy groups -OCH3 is 1. The summed E-state index contributed by atoms with van der Waals surface area (Å²) in [5, 5.41) is 0. The van der Waals surface area contributed by atoms with E-state index in [2.05, 4.69) is 24.0 Å². The maximum absolute atomic E-state index is 10.8. The van der Waals surface area contributed by atoms with Crippen LogP contribution in [0.15, 0.2) is 30.4 Å². The molecule has 1 heterocycles. The summed E-state index contributed by atoms with van der Waals surface area (Å²) in [5.74, 6) is 0.649. The Morgan fingerprint density at radius 1 is 1.43 bits per heavy atom. The first-order valence-electron chi connectivity index (χ1n) is 7.12. The molecule has 5 nitrogen and oxygen atoms in total. The van der Waals surface area contributed by atoms with Crippen molar-refractivity contribution in [2.75, 3.05) is 20.3 Å². The van der Waals surface area contributed by atoms with E-state index in [0.29, 0.717) is 17.5 Å². The van der Waals surface area contributed by atoms with Gasteiger partial charge >= 0.3 is 0 Å². The predicted octanol–water partition coefficient (Wildman–Crippen LogP) is 1.71. The van der Waals surface area contributed by atoms with E-state index in [4.69, 9.17) is 15.2 Å². The molecule has 114 valence electrons. The number of primary amides is 1. The fourth-order valence-electron chi connectivity index (χ4n) is 2.50. The summed E-state index contributed by atoms with van der Waals surface area (Å²) in [6.45, 7) is 3.87. The summed E-state index contributed by atoms with van der Waals surface area (Å²) < 4.78 is 10.7. The molecule has 1 aromatic carbocycles. The lowest BCUT2D eigenvalue weighted by Crippen LogP contribution is -2.28. The number of nitrogens with two attached hydrogens (primary N) is 1. The maximum Gasteiger partial charge on any atom is 0.255 e. The molecule has 0 radical (unpaired) electrons. The van der Waals surface area contributed by atoms with Crippen LogP contribution in [0.4, 0.5) is 0 Å². The molecule has 21 heavy (non-hydrogen) atoms. The molecule has 1 atom stereocenters. The van der Waals surface area contributed by atoms with Gasteiger partial charge in [0.1, 0.15) is 0 Å². The maximum atomic E-state index is 10.8. The first-order chi connectivity index (χ1) is 10.1. The van der Waals surface area contributed by atoms with E-state index in [1.165, 1.54) is 0 Å². The minimum atomic E-state index is -0.505. The number of hydrogen-bond donors (Lipinski definition) is 1. The first-order valence-corrected chi connectivity index (χ1v) is 7.12. The summed E-state index contributed by atoms with van der Waals surface area (Å²) in [6, 6.07) is 6.26. The van der Waals surface area contributed by atoms with Crippen LogP contribution in [0.5, 0.6) is 11.5 Å². The van der Waals surface area contributed by atoms with Crippen LogP contribution in [0.1, 0.15) is 18.9 Å². The number of carbonyl (C=O) groups excluding carboxylic acids is 1. The van der Waals surface area contributed by atoms with Gasteiger partial charge < -0.3 is 15.2 Å². The van der Waals surface area contributed by atoms with E-state index in [1.54, 1.807) is 7.11 Å². The van der Waals surface area contributed by atoms with Gasteiger partial charge in [-0.1, -0.05) is 25.1 Å². The largest absolute Gasteiger partial charge is 0.493 e. The quantitative estimate of drug-likeness (QED) is 0.776. The predicted molar refractivity (Wildman–Crippen MR) is 81.3 cm³/mol. The molecule has 1 aliphatic rings. The highest BCUT2D eigenvalue weighted by molar-refractivity contribution is 5.75. The smallest absolute Gasteiger partial charge is 0.255 e. The summed E-state index contributed by atoms with van der Waals surface area (Å²) in [7, 11) is 1.59. The second-order valence-electron chi connectivity index (χ2n) is 5.07. The first kappa shape index (κ1) is 15.4. The van der Waals surface area contributed by atoms with E-state index in [-0.39, 0.29) is 6.61 Å². The normalized spacial score (nSPS) is 17.9. The molecular formula is C16H22N2O3. The van der Waals surface area contributed by atoms with Crippen LogP contribution >= 0.6 is 0 Å². The Morgan fingerprint density at radius 3 is 2.90 bits per heavy atom. The number of benzene rings is 1. The third-order valence-corrected chi connectivity index (χ3v) is 3.57. The van der Waals surface area contributed by atoms with E-state index in [1.807, 2.05) is 18.2 Å². The number of amides is 1. The van der Waals surface area contributed by atoms with Gasteiger partial charge in [-0.15, -0.1) is 0 Å². The van der Waals surface area contributed by atoms with Crippen LogP contribution in [0.25, 0.3) is 0 Å². The zero-order valence-corrected chi connectivity index (χ0v) is 12.5. The lowest BCUT2D eigenvalue weighted by Gasteiger charge is -2.23. The van der Waals surface area contributed by atoms with E-state index in [0.717, 1.165) is 25.1 Å². The van der Waals surface area contributed by atoms with Crippen LogP contribution in [-0.4, -0.2) is 37.1 Å². The second-order valence-corrected chi connectivity index (χ2v) is 5.07. The van der Waals surface area contributed by atoms with Crippen LogP contribution in [0.2, 0.25) is 0 Å². The van der Waals surface area contributed by atoms with Gasteiger partial charge in [-0.3, -0.25) is 9.69 Å². The fraction of sp³-hybridized carbons (Fsp3) is 0.438. The molecule has 0 bridgehead atoms. The van der Waals surface area contributed by atoms with Crippen molar-refractivity contribution < 1.29 is 14.3 Å². The summed E-state index contributed by atoms with van der Waals surface area (Å²) in [6.07, 6.45) is 5.56. The zero-order chi connectivity index (χ0) is 15.2. The molecule has 0 aromatic heterocycles. The molecular weight excluding hydrogens is 268 g/mol. The fourth-order valence-corrected chi connectivity index (χ4v) is 2.50. The van der Waals surface area contributed by atoms with Crippen molar-refractivity contribution in [3.63, 3.8) is 0 Å². The second kappa shape index (κ2) is 7.13. The van der Waals surface area contributed by atoms with Crippen molar-refractivity contribution in [2.45, 2.75) is 25.9 Å². The SMILES string of the molecule is CCC1C=CCN1Cc1ccc(OCC(N)=O)c(OC)c1. The van der Waals surface area contributed by atoms with Crippen LogP contribution < -0.4 is 15.2 Å². The third-order valence-electron chi connectivity index (χ3n) is 3.57.